The first-order valence-corrected chi connectivity index (χ1v) is 8.86. The number of amides is 3. The van der Waals surface area contributed by atoms with E-state index in [0.717, 1.165) is 18.7 Å². The summed E-state index contributed by atoms with van der Waals surface area (Å²) >= 11 is 0. The van der Waals surface area contributed by atoms with E-state index in [1.54, 1.807) is 14.2 Å². The van der Waals surface area contributed by atoms with Crippen molar-refractivity contribution < 1.29 is 23.6 Å². The van der Waals surface area contributed by atoms with Crippen molar-refractivity contribution in [3.8, 4) is 0 Å². The molecule has 0 bridgehead atoms. The molecule has 0 saturated carbocycles. The van der Waals surface area contributed by atoms with E-state index in [0.29, 0.717) is 31.6 Å². The van der Waals surface area contributed by atoms with Crippen molar-refractivity contribution in [2.45, 2.75) is 32.9 Å². The molecule has 1 aromatic rings. The Labute approximate surface area is 152 Å². The SMILES string of the molecule is CCOCCN1C(=O)C2C(=Nc3n(CCCOC)c(C)c[n+]32)N(C)C1=O. The second-order valence-electron chi connectivity index (χ2n) is 6.38. The van der Waals surface area contributed by atoms with Crippen molar-refractivity contribution in [3.63, 3.8) is 0 Å². The number of nitrogens with zero attached hydrogens (tertiary/aromatic N) is 5. The highest BCUT2D eigenvalue weighted by Crippen LogP contribution is 2.29. The number of amidine groups is 1. The minimum absolute atomic E-state index is 0.239. The van der Waals surface area contributed by atoms with Gasteiger partial charge in [0.2, 0.25) is 11.9 Å². The number of methoxy groups -OCH3 is 1. The van der Waals surface area contributed by atoms with E-state index >= 15 is 0 Å². The summed E-state index contributed by atoms with van der Waals surface area (Å²) in [4.78, 5) is 32.9. The zero-order valence-corrected chi connectivity index (χ0v) is 15.8. The number of likely N-dealkylation sites (N-methyl/N-ethyl adjacent to an activating group) is 1. The van der Waals surface area contributed by atoms with Gasteiger partial charge in [-0.15, -0.1) is 0 Å². The molecular formula is C17H26N5O4+. The lowest BCUT2D eigenvalue weighted by molar-refractivity contribution is -0.677. The van der Waals surface area contributed by atoms with Gasteiger partial charge in [0.1, 0.15) is 11.9 Å². The van der Waals surface area contributed by atoms with Crippen LogP contribution in [0.25, 0.3) is 0 Å². The highest BCUT2D eigenvalue weighted by molar-refractivity contribution is 6.19. The molecule has 0 radical (unpaired) electrons. The molecule has 2 aliphatic rings. The molecule has 3 heterocycles. The van der Waals surface area contributed by atoms with Crippen molar-refractivity contribution in [2.75, 3.05) is 40.5 Å². The van der Waals surface area contributed by atoms with Crippen LogP contribution in [0.15, 0.2) is 11.2 Å². The molecule has 142 valence electrons. The fourth-order valence-corrected chi connectivity index (χ4v) is 3.38. The van der Waals surface area contributed by atoms with Gasteiger partial charge in [-0.05, 0) is 13.8 Å². The van der Waals surface area contributed by atoms with Gasteiger partial charge in [0.25, 0.3) is 5.91 Å². The van der Waals surface area contributed by atoms with Crippen LogP contribution >= 0.6 is 0 Å². The first-order chi connectivity index (χ1) is 12.5. The lowest BCUT2D eigenvalue weighted by Crippen LogP contribution is -2.63. The first kappa shape index (κ1) is 18.5. The minimum atomic E-state index is -0.600. The smallest absolute Gasteiger partial charge is 0.385 e. The molecule has 9 nitrogen and oxygen atoms in total. The van der Waals surface area contributed by atoms with Gasteiger partial charge in [0, 0.05) is 33.8 Å². The standard InChI is InChI=1S/C17H26N5O4/c1-5-26-10-8-21-15(23)13-14(19(3)17(21)24)18-16-20(7-6-9-25-4)12(2)11-22(13)16/h11,13H,5-10H2,1-4H3/q+1. The van der Waals surface area contributed by atoms with E-state index in [2.05, 4.69) is 9.56 Å². The van der Waals surface area contributed by atoms with Crippen LogP contribution in [0.5, 0.6) is 0 Å². The summed E-state index contributed by atoms with van der Waals surface area (Å²) in [7, 11) is 3.33. The number of aromatic nitrogens is 2. The molecule has 9 heteroatoms. The molecule has 1 atom stereocenters. The quantitative estimate of drug-likeness (QED) is 0.501. The second-order valence-corrected chi connectivity index (χ2v) is 6.38. The second kappa shape index (κ2) is 7.55. The number of ether oxygens (including phenoxy) is 2. The van der Waals surface area contributed by atoms with Crippen molar-refractivity contribution in [1.29, 1.82) is 0 Å². The molecule has 0 aromatic carbocycles. The van der Waals surface area contributed by atoms with Crippen LogP contribution in [-0.4, -0.2) is 72.7 Å². The maximum atomic E-state index is 13.0. The predicted molar refractivity (Wildman–Crippen MR) is 93.4 cm³/mol. The number of hydrogen-bond acceptors (Lipinski definition) is 5. The molecular weight excluding hydrogens is 338 g/mol. The molecule has 0 N–H and O–H groups in total. The number of carbonyl (C=O) groups is 2. The van der Waals surface area contributed by atoms with Gasteiger partial charge in [0.05, 0.1) is 19.7 Å². The third kappa shape index (κ3) is 3.01. The molecule has 3 rings (SSSR count). The molecule has 0 spiro atoms. The van der Waals surface area contributed by atoms with Gasteiger partial charge in [-0.3, -0.25) is 14.6 Å². The topological polar surface area (TPSA) is 80.2 Å². The van der Waals surface area contributed by atoms with Crippen LogP contribution in [-0.2, 0) is 20.8 Å². The lowest BCUT2D eigenvalue weighted by atomic mass is 10.1. The Morgan fingerprint density at radius 3 is 2.73 bits per heavy atom. The van der Waals surface area contributed by atoms with Crippen LogP contribution in [0, 0.1) is 6.92 Å². The normalized spacial score (nSPS) is 19.1. The third-order valence-electron chi connectivity index (χ3n) is 4.72. The summed E-state index contributed by atoms with van der Waals surface area (Å²) in [5.41, 5.74) is 1.02. The number of hydrogen-bond donors (Lipinski definition) is 0. The number of carbonyl (C=O) groups excluding carboxylic acids is 2. The summed E-state index contributed by atoms with van der Waals surface area (Å²) in [6, 6.07) is -0.963. The van der Waals surface area contributed by atoms with E-state index in [9.17, 15) is 9.59 Å². The van der Waals surface area contributed by atoms with Crippen LogP contribution in [0.3, 0.4) is 0 Å². The summed E-state index contributed by atoms with van der Waals surface area (Å²) < 4.78 is 14.3. The molecule has 1 aromatic heterocycles. The average Bonchev–Trinajstić information content (AvgIpc) is 3.12. The Bertz CT molecular complexity index is 742. The monoisotopic (exact) mass is 364 g/mol. The zero-order chi connectivity index (χ0) is 18.8. The number of aliphatic imine (C=N–C) groups is 1. The number of aryl methyl sites for hydroxylation is 1. The number of fused-ring (bicyclic) bond motifs is 3. The van der Waals surface area contributed by atoms with E-state index < -0.39 is 6.04 Å². The molecule has 2 aliphatic heterocycles. The highest BCUT2D eigenvalue weighted by Gasteiger charge is 2.52. The number of imide groups is 1. The van der Waals surface area contributed by atoms with Gasteiger partial charge in [-0.2, -0.15) is 0 Å². The van der Waals surface area contributed by atoms with E-state index in [4.69, 9.17) is 9.47 Å². The summed E-state index contributed by atoms with van der Waals surface area (Å²) in [6.07, 6.45) is 2.77. The predicted octanol–water partition coefficient (Wildman–Crippen LogP) is 0.636. The van der Waals surface area contributed by atoms with E-state index in [1.807, 2.05) is 24.6 Å². The number of urea groups is 1. The lowest BCUT2D eigenvalue weighted by Gasteiger charge is -2.32. The van der Waals surface area contributed by atoms with Crippen molar-refractivity contribution in [1.82, 2.24) is 14.4 Å². The van der Waals surface area contributed by atoms with Crippen molar-refractivity contribution >= 4 is 23.7 Å². The molecule has 3 amide bonds. The first-order valence-electron chi connectivity index (χ1n) is 8.86. The molecule has 0 aliphatic carbocycles. The highest BCUT2D eigenvalue weighted by atomic mass is 16.5. The number of rotatable bonds is 8. The Balaban J connectivity index is 1.89. The Morgan fingerprint density at radius 1 is 1.27 bits per heavy atom. The fraction of sp³-hybridized carbons (Fsp3) is 0.647. The van der Waals surface area contributed by atoms with Crippen LogP contribution < -0.4 is 4.57 Å². The Kier molecular flexibility index (Phi) is 5.38. The van der Waals surface area contributed by atoms with E-state index in [-0.39, 0.29) is 18.5 Å². The van der Waals surface area contributed by atoms with Crippen LogP contribution in [0.2, 0.25) is 0 Å². The van der Waals surface area contributed by atoms with Gasteiger partial charge < -0.3 is 9.47 Å². The molecule has 1 unspecified atom stereocenters. The van der Waals surface area contributed by atoms with Gasteiger partial charge in [-0.1, -0.05) is 4.99 Å². The fourth-order valence-electron chi connectivity index (χ4n) is 3.38. The Hall–Kier alpha value is -2.26. The Morgan fingerprint density at radius 2 is 2.04 bits per heavy atom. The van der Waals surface area contributed by atoms with Gasteiger partial charge in [-0.25, -0.2) is 13.9 Å². The summed E-state index contributed by atoms with van der Waals surface area (Å²) in [5, 5.41) is 0. The largest absolute Gasteiger partial charge is 0.401 e. The zero-order valence-electron chi connectivity index (χ0n) is 15.8. The van der Waals surface area contributed by atoms with E-state index in [1.165, 1.54) is 9.80 Å². The molecule has 26 heavy (non-hydrogen) atoms. The summed E-state index contributed by atoms with van der Waals surface area (Å²) in [5.74, 6) is 0.908. The minimum Gasteiger partial charge on any atom is -0.385 e. The average molecular weight is 364 g/mol. The van der Waals surface area contributed by atoms with Gasteiger partial charge >= 0.3 is 12.0 Å². The van der Waals surface area contributed by atoms with Crippen LogP contribution in [0.1, 0.15) is 25.1 Å². The maximum absolute atomic E-state index is 13.0. The number of imidazole rings is 1. The third-order valence-corrected chi connectivity index (χ3v) is 4.72. The van der Waals surface area contributed by atoms with Crippen LogP contribution in [0.4, 0.5) is 10.7 Å². The maximum Gasteiger partial charge on any atom is 0.401 e. The van der Waals surface area contributed by atoms with Crippen molar-refractivity contribution in [3.05, 3.63) is 11.9 Å². The van der Waals surface area contributed by atoms with Crippen molar-refractivity contribution in [2.24, 2.45) is 4.99 Å². The van der Waals surface area contributed by atoms with Gasteiger partial charge in [0.15, 0.2) is 0 Å². The molecule has 1 fully saturated rings. The molecule has 1 saturated heterocycles. The summed E-state index contributed by atoms with van der Waals surface area (Å²) in [6.45, 7) is 6.38.